The molecule has 0 aliphatic carbocycles. The molecule has 2 heterocycles. The Bertz CT molecular complexity index is 627. The van der Waals surface area contributed by atoms with Crippen molar-refractivity contribution in [2.45, 2.75) is 6.04 Å². The fourth-order valence-electron chi connectivity index (χ4n) is 1.96. The summed E-state index contributed by atoms with van der Waals surface area (Å²) in [5.74, 6) is -0.0382. The normalized spacial score (nSPS) is 16.8. The van der Waals surface area contributed by atoms with Gasteiger partial charge in [0.2, 0.25) is 0 Å². The monoisotopic (exact) mass is 325 g/mol. The number of hydrogen-bond acceptors (Lipinski definition) is 3. The Morgan fingerprint density at radius 2 is 2.32 bits per heavy atom. The summed E-state index contributed by atoms with van der Waals surface area (Å²) in [5, 5.41) is 2.78. The van der Waals surface area contributed by atoms with Gasteiger partial charge in [-0.2, -0.15) is 0 Å². The van der Waals surface area contributed by atoms with E-state index in [2.05, 4.69) is 21.2 Å². The van der Waals surface area contributed by atoms with Gasteiger partial charge < -0.3 is 14.5 Å². The molecule has 0 fully saturated rings. The molecule has 1 aliphatic heterocycles. The maximum absolute atomic E-state index is 13.4. The summed E-state index contributed by atoms with van der Waals surface area (Å²) in [6.45, 7) is 0.275. The van der Waals surface area contributed by atoms with Crippen LogP contribution in [0.2, 0.25) is 0 Å². The van der Waals surface area contributed by atoms with E-state index in [-0.39, 0.29) is 24.3 Å². The van der Waals surface area contributed by atoms with Crippen LogP contribution in [0.4, 0.5) is 4.39 Å². The first-order chi connectivity index (χ1) is 9.15. The van der Waals surface area contributed by atoms with Gasteiger partial charge in [0, 0.05) is 11.6 Å². The van der Waals surface area contributed by atoms with Crippen LogP contribution < -0.4 is 10.1 Å². The molecule has 19 heavy (non-hydrogen) atoms. The third-order valence-electron chi connectivity index (χ3n) is 2.88. The lowest BCUT2D eigenvalue weighted by Gasteiger charge is -2.10. The van der Waals surface area contributed by atoms with Crippen molar-refractivity contribution in [2.75, 3.05) is 6.61 Å². The van der Waals surface area contributed by atoms with Crippen LogP contribution in [0.25, 0.3) is 0 Å². The highest BCUT2D eigenvalue weighted by Gasteiger charge is 2.28. The molecular formula is C13H9BrFNO3. The van der Waals surface area contributed by atoms with Crippen LogP contribution in [-0.2, 0) is 0 Å². The minimum Gasteiger partial charge on any atom is -0.491 e. The number of carbonyl (C=O) groups excluding carboxylic acids is 1. The third kappa shape index (κ3) is 2.23. The summed E-state index contributed by atoms with van der Waals surface area (Å²) in [6, 6.07) is 5.82. The van der Waals surface area contributed by atoms with Crippen LogP contribution in [-0.4, -0.2) is 12.5 Å². The summed E-state index contributed by atoms with van der Waals surface area (Å²) in [7, 11) is 0. The molecule has 1 aliphatic rings. The molecule has 0 bridgehead atoms. The van der Waals surface area contributed by atoms with E-state index in [0.29, 0.717) is 10.2 Å². The number of benzene rings is 1. The van der Waals surface area contributed by atoms with Crippen LogP contribution in [0.1, 0.15) is 22.2 Å². The second-order valence-electron chi connectivity index (χ2n) is 4.12. The first kappa shape index (κ1) is 12.2. The van der Waals surface area contributed by atoms with Gasteiger partial charge in [-0.15, -0.1) is 0 Å². The summed E-state index contributed by atoms with van der Waals surface area (Å²) < 4.78 is 24.1. The highest BCUT2D eigenvalue weighted by molar-refractivity contribution is 9.10. The van der Waals surface area contributed by atoms with Crippen molar-refractivity contribution in [2.24, 2.45) is 0 Å². The van der Waals surface area contributed by atoms with Crippen molar-refractivity contribution in [3.8, 4) is 5.75 Å². The largest absolute Gasteiger partial charge is 0.491 e. The minimum absolute atomic E-state index is 0.231. The van der Waals surface area contributed by atoms with Gasteiger partial charge in [-0.05, 0) is 34.1 Å². The zero-order valence-corrected chi connectivity index (χ0v) is 11.2. The quantitative estimate of drug-likeness (QED) is 0.923. The summed E-state index contributed by atoms with van der Waals surface area (Å²) >= 11 is 3.12. The number of furan rings is 1. The number of nitrogens with one attached hydrogen (secondary N) is 1. The van der Waals surface area contributed by atoms with Crippen LogP contribution in [0.5, 0.6) is 5.75 Å². The summed E-state index contributed by atoms with van der Waals surface area (Å²) in [5.41, 5.74) is 0.744. The van der Waals surface area contributed by atoms with Crippen molar-refractivity contribution in [1.82, 2.24) is 5.32 Å². The molecule has 1 aromatic carbocycles. The van der Waals surface area contributed by atoms with Gasteiger partial charge in [0.05, 0.1) is 16.8 Å². The molecule has 1 N–H and O–H groups in total. The van der Waals surface area contributed by atoms with E-state index in [9.17, 15) is 9.18 Å². The van der Waals surface area contributed by atoms with Gasteiger partial charge >= 0.3 is 0 Å². The molecule has 98 valence electrons. The van der Waals surface area contributed by atoms with Gasteiger partial charge in [0.1, 0.15) is 18.2 Å². The molecule has 0 spiro atoms. The third-order valence-corrected chi connectivity index (χ3v) is 3.49. The Morgan fingerprint density at radius 3 is 3.05 bits per heavy atom. The zero-order valence-electron chi connectivity index (χ0n) is 9.65. The number of hydrogen-bond donors (Lipinski definition) is 1. The zero-order chi connectivity index (χ0) is 13.4. The van der Waals surface area contributed by atoms with Crippen LogP contribution in [0.15, 0.2) is 39.4 Å². The topological polar surface area (TPSA) is 51.5 Å². The number of carbonyl (C=O) groups is 1. The highest BCUT2D eigenvalue weighted by atomic mass is 79.9. The molecule has 1 amide bonds. The number of ether oxygens (including phenoxy) is 1. The molecule has 1 unspecified atom stereocenters. The minimum atomic E-state index is -0.392. The predicted octanol–water partition coefficient (Wildman–Crippen LogP) is 3.04. The molecule has 0 radical (unpaired) electrons. The first-order valence-corrected chi connectivity index (χ1v) is 6.40. The molecule has 1 aromatic heterocycles. The van der Waals surface area contributed by atoms with E-state index in [1.807, 2.05) is 0 Å². The van der Waals surface area contributed by atoms with E-state index >= 15 is 0 Å². The molecule has 4 nitrogen and oxygen atoms in total. The SMILES string of the molecule is O=C(NC1COc2cc(F)c(Br)cc21)c1ccco1. The van der Waals surface area contributed by atoms with Crippen molar-refractivity contribution in [3.63, 3.8) is 0 Å². The molecule has 2 aromatic rings. The van der Waals surface area contributed by atoms with E-state index in [1.54, 1.807) is 18.2 Å². The van der Waals surface area contributed by atoms with Gasteiger partial charge in [-0.1, -0.05) is 0 Å². The molecular weight excluding hydrogens is 317 g/mol. The van der Waals surface area contributed by atoms with Crippen molar-refractivity contribution < 1.29 is 18.3 Å². The Kier molecular flexibility index (Phi) is 3.02. The van der Waals surface area contributed by atoms with Crippen LogP contribution in [0, 0.1) is 5.82 Å². The Hall–Kier alpha value is -1.82. The smallest absolute Gasteiger partial charge is 0.287 e. The van der Waals surface area contributed by atoms with Crippen molar-refractivity contribution >= 4 is 21.8 Å². The van der Waals surface area contributed by atoms with E-state index in [0.717, 1.165) is 5.56 Å². The number of halogens is 2. The predicted molar refractivity (Wildman–Crippen MR) is 68.5 cm³/mol. The molecule has 6 heteroatoms. The maximum Gasteiger partial charge on any atom is 0.287 e. The van der Waals surface area contributed by atoms with E-state index in [1.165, 1.54) is 12.3 Å². The standard InChI is InChI=1S/C13H9BrFNO3/c14-8-4-7-10(6-19-12(7)5-9(8)15)16-13(17)11-2-1-3-18-11/h1-5,10H,6H2,(H,16,17). The molecule has 0 saturated heterocycles. The average Bonchev–Trinajstić information content (AvgIpc) is 3.01. The lowest BCUT2D eigenvalue weighted by molar-refractivity contribution is 0.0902. The fourth-order valence-corrected chi connectivity index (χ4v) is 2.32. The Balaban J connectivity index is 1.83. The summed E-state index contributed by atoms with van der Waals surface area (Å²) in [4.78, 5) is 11.9. The van der Waals surface area contributed by atoms with Gasteiger partial charge in [0.15, 0.2) is 5.76 Å². The van der Waals surface area contributed by atoms with Crippen molar-refractivity contribution in [1.29, 1.82) is 0 Å². The maximum atomic E-state index is 13.4. The number of rotatable bonds is 2. The Labute approximate surface area is 116 Å². The lowest BCUT2D eigenvalue weighted by Crippen LogP contribution is -2.29. The average molecular weight is 326 g/mol. The molecule has 0 saturated carbocycles. The number of fused-ring (bicyclic) bond motifs is 1. The van der Waals surface area contributed by atoms with Crippen LogP contribution in [0.3, 0.4) is 0 Å². The lowest BCUT2D eigenvalue weighted by atomic mass is 10.1. The number of amides is 1. The van der Waals surface area contributed by atoms with Crippen molar-refractivity contribution in [3.05, 3.63) is 52.1 Å². The summed E-state index contributed by atoms with van der Waals surface area (Å²) in [6.07, 6.45) is 1.43. The van der Waals surface area contributed by atoms with Crippen LogP contribution >= 0.6 is 15.9 Å². The van der Waals surface area contributed by atoms with Gasteiger partial charge in [0.25, 0.3) is 5.91 Å². The second kappa shape index (κ2) is 4.70. The second-order valence-corrected chi connectivity index (χ2v) is 4.97. The van der Waals surface area contributed by atoms with Gasteiger partial charge in [-0.3, -0.25) is 4.79 Å². The fraction of sp³-hybridized carbons (Fsp3) is 0.154. The van der Waals surface area contributed by atoms with Gasteiger partial charge in [-0.25, -0.2) is 4.39 Å². The van der Waals surface area contributed by atoms with E-state index in [4.69, 9.17) is 9.15 Å². The molecule has 1 atom stereocenters. The first-order valence-electron chi connectivity index (χ1n) is 5.61. The van der Waals surface area contributed by atoms with E-state index < -0.39 is 5.82 Å². The Morgan fingerprint density at radius 1 is 1.47 bits per heavy atom. The molecule has 3 rings (SSSR count). The highest BCUT2D eigenvalue weighted by Crippen LogP contribution is 2.36.